The molecule has 0 heterocycles. The monoisotopic (exact) mass is 239 g/mol. The van der Waals surface area contributed by atoms with Crippen molar-refractivity contribution in [3.8, 4) is 0 Å². The molecule has 3 unspecified atom stereocenters. The fourth-order valence-corrected chi connectivity index (χ4v) is 2.08. The normalized spacial score (nSPS) is 25.5. The lowest BCUT2D eigenvalue weighted by molar-refractivity contribution is 0.443. The van der Waals surface area contributed by atoms with E-state index >= 15 is 0 Å². The van der Waals surface area contributed by atoms with E-state index in [1.54, 1.807) is 0 Å². The van der Waals surface area contributed by atoms with Crippen LogP contribution in [-0.2, 0) is 0 Å². The quantitative estimate of drug-likeness (QED) is 0.529. The van der Waals surface area contributed by atoms with Gasteiger partial charge in [-0.1, -0.05) is 40.0 Å². The first-order valence-corrected chi connectivity index (χ1v) is 7.18. The van der Waals surface area contributed by atoms with Crippen LogP contribution in [0.3, 0.4) is 0 Å². The predicted octanol–water partition coefficient (Wildman–Crippen LogP) is 2.78. The Morgan fingerprint density at radius 2 is 2.12 bits per heavy atom. The van der Waals surface area contributed by atoms with Crippen molar-refractivity contribution in [2.24, 2.45) is 16.8 Å². The zero-order chi connectivity index (χ0) is 12.7. The molecule has 3 nitrogen and oxygen atoms in total. The van der Waals surface area contributed by atoms with Crippen LogP contribution in [0.4, 0.5) is 0 Å². The zero-order valence-corrected chi connectivity index (χ0v) is 11.9. The number of hydrogen-bond acceptors (Lipinski definition) is 1. The summed E-state index contributed by atoms with van der Waals surface area (Å²) in [4.78, 5) is 4.28. The Morgan fingerprint density at radius 3 is 2.59 bits per heavy atom. The van der Waals surface area contributed by atoms with Crippen molar-refractivity contribution in [2.75, 3.05) is 13.6 Å². The highest BCUT2D eigenvalue weighted by Crippen LogP contribution is 2.28. The van der Waals surface area contributed by atoms with Crippen LogP contribution in [0.5, 0.6) is 0 Å². The Hall–Kier alpha value is -0.730. The molecule has 3 atom stereocenters. The van der Waals surface area contributed by atoms with Gasteiger partial charge in [-0.3, -0.25) is 4.99 Å². The Bertz CT molecular complexity index is 238. The van der Waals surface area contributed by atoms with E-state index < -0.39 is 0 Å². The van der Waals surface area contributed by atoms with Gasteiger partial charge in [-0.15, -0.1) is 0 Å². The van der Waals surface area contributed by atoms with Crippen LogP contribution in [-0.4, -0.2) is 25.6 Å². The highest BCUT2D eigenvalue weighted by molar-refractivity contribution is 5.80. The molecule has 1 aliphatic rings. The lowest BCUT2D eigenvalue weighted by atomic mass is 9.99. The number of nitrogens with one attached hydrogen (secondary N) is 2. The van der Waals surface area contributed by atoms with Crippen molar-refractivity contribution in [3.63, 3.8) is 0 Å². The molecule has 0 aromatic rings. The second kappa shape index (κ2) is 7.57. The van der Waals surface area contributed by atoms with Crippen LogP contribution in [0, 0.1) is 11.8 Å². The van der Waals surface area contributed by atoms with Crippen LogP contribution in [0.15, 0.2) is 4.99 Å². The maximum Gasteiger partial charge on any atom is 0.191 e. The number of nitrogens with zero attached hydrogens (tertiary/aromatic N) is 1. The Kier molecular flexibility index (Phi) is 6.38. The third-order valence-corrected chi connectivity index (χ3v) is 3.76. The van der Waals surface area contributed by atoms with Gasteiger partial charge in [0.2, 0.25) is 0 Å². The van der Waals surface area contributed by atoms with Gasteiger partial charge in [0.05, 0.1) is 0 Å². The largest absolute Gasteiger partial charge is 0.356 e. The first kappa shape index (κ1) is 14.3. The Labute approximate surface area is 106 Å². The molecule has 3 heteroatoms. The molecule has 0 spiro atoms. The SMILES string of the molecule is CCCCC(CC)CNC(=NC)NC1CC1C. The van der Waals surface area contributed by atoms with Crippen molar-refractivity contribution in [1.82, 2.24) is 10.6 Å². The van der Waals surface area contributed by atoms with E-state index in [9.17, 15) is 0 Å². The van der Waals surface area contributed by atoms with Crippen LogP contribution in [0.2, 0.25) is 0 Å². The molecule has 100 valence electrons. The van der Waals surface area contributed by atoms with Crippen molar-refractivity contribution >= 4 is 5.96 Å². The third kappa shape index (κ3) is 5.42. The topological polar surface area (TPSA) is 36.4 Å². The lowest BCUT2D eigenvalue weighted by Crippen LogP contribution is -2.41. The highest BCUT2D eigenvalue weighted by Gasteiger charge is 2.33. The average molecular weight is 239 g/mol. The number of guanidine groups is 1. The molecule has 0 aliphatic heterocycles. The van der Waals surface area contributed by atoms with E-state index in [-0.39, 0.29) is 0 Å². The molecule has 1 fully saturated rings. The summed E-state index contributed by atoms with van der Waals surface area (Å²) in [6.45, 7) is 7.87. The first-order valence-electron chi connectivity index (χ1n) is 7.18. The van der Waals surface area contributed by atoms with Gasteiger partial charge in [-0.2, -0.15) is 0 Å². The summed E-state index contributed by atoms with van der Waals surface area (Å²) in [6.07, 6.45) is 6.50. The maximum atomic E-state index is 4.28. The van der Waals surface area contributed by atoms with Crippen molar-refractivity contribution in [1.29, 1.82) is 0 Å². The molecule has 0 amide bonds. The minimum absolute atomic E-state index is 0.650. The number of unbranched alkanes of at least 4 members (excludes halogenated alkanes) is 1. The molecular formula is C14H29N3. The van der Waals surface area contributed by atoms with Gasteiger partial charge in [0.1, 0.15) is 0 Å². The third-order valence-electron chi connectivity index (χ3n) is 3.76. The molecule has 17 heavy (non-hydrogen) atoms. The van der Waals surface area contributed by atoms with Crippen LogP contribution >= 0.6 is 0 Å². The van der Waals surface area contributed by atoms with E-state index in [0.29, 0.717) is 6.04 Å². The van der Waals surface area contributed by atoms with Crippen LogP contribution in [0.25, 0.3) is 0 Å². The van der Waals surface area contributed by atoms with Gasteiger partial charge in [0, 0.05) is 19.6 Å². The van der Waals surface area contributed by atoms with E-state index in [0.717, 1.165) is 24.3 Å². The van der Waals surface area contributed by atoms with Crippen molar-refractivity contribution in [3.05, 3.63) is 0 Å². The minimum atomic E-state index is 0.650. The molecule has 0 bridgehead atoms. The smallest absolute Gasteiger partial charge is 0.191 e. The summed E-state index contributed by atoms with van der Waals surface area (Å²) in [7, 11) is 1.86. The first-order chi connectivity index (χ1) is 8.21. The number of rotatable bonds is 7. The van der Waals surface area contributed by atoms with Crippen molar-refractivity contribution < 1.29 is 0 Å². The summed E-state index contributed by atoms with van der Waals surface area (Å²) < 4.78 is 0. The Balaban J connectivity index is 2.21. The fourth-order valence-electron chi connectivity index (χ4n) is 2.08. The van der Waals surface area contributed by atoms with Gasteiger partial charge in [0.15, 0.2) is 5.96 Å². The van der Waals surface area contributed by atoms with Gasteiger partial charge < -0.3 is 10.6 Å². The van der Waals surface area contributed by atoms with E-state index in [4.69, 9.17) is 0 Å². The standard InChI is InChI=1S/C14H29N3/c1-5-7-8-12(6-2)10-16-14(15-4)17-13-9-11(13)3/h11-13H,5-10H2,1-4H3,(H2,15,16,17). The molecular weight excluding hydrogens is 210 g/mol. The summed E-state index contributed by atoms with van der Waals surface area (Å²) >= 11 is 0. The van der Waals surface area contributed by atoms with Gasteiger partial charge in [-0.05, 0) is 24.7 Å². The molecule has 1 rings (SSSR count). The minimum Gasteiger partial charge on any atom is -0.356 e. The van der Waals surface area contributed by atoms with Crippen LogP contribution in [0.1, 0.15) is 52.9 Å². The Morgan fingerprint density at radius 1 is 1.41 bits per heavy atom. The number of hydrogen-bond donors (Lipinski definition) is 2. The van der Waals surface area contributed by atoms with E-state index in [2.05, 4.69) is 36.4 Å². The molecule has 1 saturated carbocycles. The highest BCUT2D eigenvalue weighted by atomic mass is 15.2. The molecule has 0 aromatic carbocycles. The van der Waals surface area contributed by atoms with E-state index in [1.165, 1.54) is 32.1 Å². The van der Waals surface area contributed by atoms with Gasteiger partial charge in [-0.25, -0.2) is 0 Å². The maximum absolute atomic E-state index is 4.28. The van der Waals surface area contributed by atoms with Gasteiger partial charge >= 0.3 is 0 Å². The molecule has 1 aliphatic carbocycles. The second-order valence-corrected chi connectivity index (χ2v) is 5.33. The molecule has 0 aromatic heterocycles. The van der Waals surface area contributed by atoms with Crippen LogP contribution < -0.4 is 10.6 Å². The fraction of sp³-hybridized carbons (Fsp3) is 0.929. The number of aliphatic imine (C=N–C) groups is 1. The molecule has 0 saturated heterocycles. The lowest BCUT2D eigenvalue weighted by Gasteiger charge is -2.18. The van der Waals surface area contributed by atoms with Crippen molar-refractivity contribution in [2.45, 2.75) is 58.9 Å². The average Bonchev–Trinajstić information content (AvgIpc) is 3.03. The molecule has 0 radical (unpaired) electrons. The summed E-state index contributed by atoms with van der Waals surface area (Å²) in [5.74, 6) is 2.58. The van der Waals surface area contributed by atoms with Gasteiger partial charge in [0.25, 0.3) is 0 Å². The predicted molar refractivity (Wildman–Crippen MR) is 75.4 cm³/mol. The summed E-state index contributed by atoms with van der Waals surface area (Å²) in [6, 6.07) is 0.650. The molecule has 2 N–H and O–H groups in total. The van der Waals surface area contributed by atoms with E-state index in [1.807, 2.05) is 7.05 Å². The second-order valence-electron chi connectivity index (χ2n) is 5.33. The summed E-state index contributed by atoms with van der Waals surface area (Å²) in [5, 5.41) is 6.92. The summed E-state index contributed by atoms with van der Waals surface area (Å²) in [5.41, 5.74) is 0. The zero-order valence-electron chi connectivity index (χ0n) is 11.9.